The topological polar surface area (TPSA) is 46.5 Å². The van der Waals surface area contributed by atoms with E-state index in [-0.39, 0.29) is 6.61 Å². The van der Waals surface area contributed by atoms with Crippen molar-refractivity contribution in [1.29, 1.82) is 0 Å². The van der Waals surface area contributed by atoms with Crippen LogP contribution in [0.25, 0.3) is 0 Å². The van der Waals surface area contributed by atoms with E-state index < -0.39 is 11.6 Å². The molecule has 3 nitrogen and oxygen atoms in total. The first-order chi connectivity index (χ1) is 5.63. The van der Waals surface area contributed by atoms with E-state index in [1.54, 1.807) is 19.9 Å². The number of carboxylic acids is 1. The van der Waals surface area contributed by atoms with E-state index in [9.17, 15) is 4.79 Å². The minimum absolute atomic E-state index is 0.286. The first-order valence-corrected chi connectivity index (χ1v) is 4.11. The number of carboxylic acid groups (broad SMARTS) is 1. The predicted molar refractivity (Wildman–Crippen MR) is 47.1 cm³/mol. The second-order valence-corrected chi connectivity index (χ2v) is 2.61. The molecule has 0 amide bonds. The van der Waals surface area contributed by atoms with E-state index in [2.05, 4.69) is 6.58 Å². The fraction of sp³-hybridized carbons (Fsp3) is 0.667. The van der Waals surface area contributed by atoms with Crippen LogP contribution in [0.4, 0.5) is 0 Å². The molecule has 0 saturated heterocycles. The van der Waals surface area contributed by atoms with Gasteiger partial charge in [0.1, 0.15) is 0 Å². The average Bonchev–Trinajstić information content (AvgIpc) is 2.07. The Bertz CT molecular complexity index is 159. The number of rotatable bonds is 6. The summed E-state index contributed by atoms with van der Waals surface area (Å²) in [4.78, 5) is 10.8. The highest BCUT2D eigenvalue weighted by Crippen LogP contribution is 2.20. The van der Waals surface area contributed by atoms with Crippen LogP contribution in [0, 0.1) is 0 Å². The largest absolute Gasteiger partial charge is 0.479 e. The molecule has 0 aliphatic heterocycles. The second-order valence-electron chi connectivity index (χ2n) is 2.61. The molecule has 70 valence electrons. The Morgan fingerprint density at radius 1 is 1.58 bits per heavy atom. The first-order valence-electron chi connectivity index (χ1n) is 4.11. The van der Waals surface area contributed by atoms with Gasteiger partial charge in [0, 0.05) is 0 Å². The van der Waals surface area contributed by atoms with Gasteiger partial charge in [-0.25, -0.2) is 4.79 Å². The van der Waals surface area contributed by atoms with Crippen LogP contribution in [-0.4, -0.2) is 23.3 Å². The lowest BCUT2D eigenvalue weighted by Crippen LogP contribution is -2.40. The maximum Gasteiger partial charge on any atom is 0.335 e. The zero-order chi connectivity index (χ0) is 9.61. The monoisotopic (exact) mass is 172 g/mol. The molecule has 0 rings (SSSR count). The summed E-state index contributed by atoms with van der Waals surface area (Å²) in [5, 5.41) is 8.89. The summed E-state index contributed by atoms with van der Waals surface area (Å²) < 4.78 is 5.22. The third-order valence-corrected chi connectivity index (χ3v) is 2.01. The van der Waals surface area contributed by atoms with Crippen molar-refractivity contribution in [3.05, 3.63) is 12.7 Å². The number of hydrogen-bond donors (Lipinski definition) is 1. The molecule has 0 radical (unpaired) electrons. The summed E-state index contributed by atoms with van der Waals surface area (Å²) >= 11 is 0. The zero-order valence-corrected chi connectivity index (χ0v) is 7.67. The van der Waals surface area contributed by atoms with Gasteiger partial charge in [-0.1, -0.05) is 19.9 Å². The molecule has 0 aromatic carbocycles. The average molecular weight is 172 g/mol. The third kappa shape index (κ3) is 2.34. The fourth-order valence-corrected chi connectivity index (χ4v) is 1.04. The van der Waals surface area contributed by atoms with Crippen molar-refractivity contribution in [1.82, 2.24) is 0 Å². The van der Waals surface area contributed by atoms with Crippen LogP contribution in [0.2, 0.25) is 0 Å². The minimum Gasteiger partial charge on any atom is -0.479 e. The zero-order valence-electron chi connectivity index (χ0n) is 7.67. The highest BCUT2D eigenvalue weighted by Gasteiger charge is 2.35. The van der Waals surface area contributed by atoms with E-state index in [1.807, 2.05) is 0 Å². The normalized spacial score (nSPS) is 11.2. The SMILES string of the molecule is C=CCOC(CC)(CC)C(=O)O. The van der Waals surface area contributed by atoms with E-state index >= 15 is 0 Å². The Labute approximate surface area is 73.0 Å². The van der Waals surface area contributed by atoms with Gasteiger partial charge in [0.05, 0.1) is 6.61 Å². The number of aliphatic carboxylic acids is 1. The summed E-state index contributed by atoms with van der Waals surface area (Å²) in [5.41, 5.74) is -1.02. The molecule has 0 aliphatic rings. The van der Waals surface area contributed by atoms with Crippen molar-refractivity contribution < 1.29 is 14.6 Å². The Kier molecular flexibility index (Phi) is 4.59. The van der Waals surface area contributed by atoms with Gasteiger partial charge in [0.25, 0.3) is 0 Å². The molecule has 0 aromatic heterocycles. The first kappa shape index (κ1) is 11.2. The molecule has 0 spiro atoms. The van der Waals surface area contributed by atoms with Crippen molar-refractivity contribution in [2.75, 3.05) is 6.61 Å². The van der Waals surface area contributed by atoms with Crippen molar-refractivity contribution in [2.24, 2.45) is 0 Å². The molecule has 0 aliphatic carbocycles. The van der Waals surface area contributed by atoms with Gasteiger partial charge < -0.3 is 9.84 Å². The lowest BCUT2D eigenvalue weighted by atomic mass is 9.97. The molecule has 3 heteroatoms. The van der Waals surface area contributed by atoms with Crippen LogP contribution < -0.4 is 0 Å². The van der Waals surface area contributed by atoms with Crippen LogP contribution in [0.15, 0.2) is 12.7 Å². The van der Waals surface area contributed by atoms with Crippen molar-refractivity contribution in [3.63, 3.8) is 0 Å². The van der Waals surface area contributed by atoms with Gasteiger partial charge in [-0.2, -0.15) is 0 Å². The molecule has 0 saturated carbocycles. The number of hydrogen-bond acceptors (Lipinski definition) is 2. The van der Waals surface area contributed by atoms with Crippen LogP contribution in [0.5, 0.6) is 0 Å². The molecule has 0 unspecified atom stereocenters. The maximum atomic E-state index is 10.8. The summed E-state index contributed by atoms with van der Waals surface area (Å²) in [7, 11) is 0. The number of ether oxygens (including phenoxy) is 1. The molecule has 1 N–H and O–H groups in total. The van der Waals surface area contributed by atoms with Gasteiger partial charge in [0.2, 0.25) is 0 Å². The summed E-state index contributed by atoms with van der Waals surface area (Å²) in [5.74, 6) is -0.894. The predicted octanol–water partition coefficient (Wildman–Crippen LogP) is 1.83. The maximum absolute atomic E-state index is 10.8. The number of carbonyl (C=O) groups is 1. The Balaban J connectivity index is 4.34. The molecule has 0 fully saturated rings. The molecule has 0 atom stereocenters. The Morgan fingerprint density at radius 3 is 2.33 bits per heavy atom. The molecular weight excluding hydrogens is 156 g/mol. The summed E-state index contributed by atoms with van der Waals surface area (Å²) in [6.45, 7) is 7.37. The third-order valence-electron chi connectivity index (χ3n) is 2.01. The van der Waals surface area contributed by atoms with Crippen LogP contribution >= 0.6 is 0 Å². The van der Waals surface area contributed by atoms with Gasteiger partial charge >= 0.3 is 5.97 Å². The van der Waals surface area contributed by atoms with Crippen LogP contribution in [0.1, 0.15) is 26.7 Å². The van der Waals surface area contributed by atoms with Crippen molar-refractivity contribution in [3.8, 4) is 0 Å². The molecular formula is C9H16O3. The van der Waals surface area contributed by atoms with Crippen molar-refractivity contribution >= 4 is 5.97 Å². The van der Waals surface area contributed by atoms with Crippen molar-refractivity contribution in [2.45, 2.75) is 32.3 Å². The van der Waals surface area contributed by atoms with Crippen LogP contribution in [-0.2, 0) is 9.53 Å². The van der Waals surface area contributed by atoms with Gasteiger partial charge in [-0.05, 0) is 12.8 Å². The van der Waals surface area contributed by atoms with E-state index in [0.29, 0.717) is 12.8 Å². The van der Waals surface area contributed by atoms with E-state index in [0.717, 1.165) is 0 Å². The molecule has 12 heavy (non-hydrogen) atoms. The highest BCUT2D eigenvalue weighted by molar-refractivity contribution is 5.77. The lowest BCUT2D eigenvalue weighted by molar-refractivity contribution is -0.165. The summed E-state index contributed by atoms with van der Waals surface area (Å²) in [6, 6.07) is 0. The Morgan fingerprint density at radius 2 is 2.08 bits per heavy atom. The van der Waals surface area contributed by atoms with Crippen LogP contribution in [0.3, 0.4) is 0 Å². The lowest BCUT2D eigenvalue weighted by Gasteiger charge is -2.26. The molecule has 0 heterocycles. The summed E-state index contributed by atoms with van der Waals surface area (Å²) in [6.07, 6.45) is 2.52. The van der Waals surface area contributed by atoms with E-state index in [4.69, 9.17) is 9.84 Å². The van der Waals surface area contributed by atoms with Gasteiger partial charge in [-0.3, -0.25) is 0 Å². The standard InChI is InChI=1S/C9H16O3/c1-4-7-12-9(5-2,6-3)8(10)11/h4H,1,5-7H2,2-3H3,(H,10,11). The fourth-order valence-electron chi connectivity index (χ4n) is 1.04. The highest BCUT2D eigenvalue weighted by atomic mass is 16.5. The molecule has 0 bridgehead atoms. The smallest absolute Gasteiger partial charge is 0.335 e. The Hall–Kier alpha value is -0.830. The van der Waals surface area contributed by atoms with Gasteiger partial charge in [0.15, 0.2) is 5.60 Å². The quantitative estimate of drug-likeness (QED) is 0.622. The molecule has 0 aromatic rings. The van der Waals surface area contributed by atoms with Gasteiger partial charge in [-0.15, -0.1) is 6.58 Å². The minimum atomic E-state index is -1.02. The van der Waals surface area contributed by atoms with E-state index in [1.165, 1.54) is 0 Å². The second kappa shape index (κ2) is 4.93.